The lowest BCUT2D eigenvalue weighted by Crippen LogP contribution is -2.30. The van der Waals surface area contributed by atoms with E-state index in [4.69, 9.17) is 11.5 Å². The first-order valence-electron chi connectivity index (χ1n) is 4.70. The van der Waals surface area contributed by atoms with Crippen LogP contribution < -0.4 is 11.5 Å². The molecular weight excluding hydrogens is 210 g/mol. The maximum atomic E-state index is 11.6. The highest BCUT2D eigenvalue weighted by atomic mass is 16.2. The first-order valence-corrected chi connectivity index (χ1v) is 4.70. The maximum Gasteiger partial charge on any atom is 0.271 e. The van der Waals surface area contributed by atoms with E-state index in [1.807, 2.05) is 0 Å². The number of primary amides is 1. The Morgan fingerprint density at radius 1 is 1.50 bits per heavy atom. The van der Waals surface area contributed by atoms with Gasteiger partial charge in [0.2, 0.25) is 5.91 Å². The molecule has 0 fully saturated rings. The molecule has 0 saturated carbocycles. The molecule has 7 nitrogen and oxygen atoms in total. The standard InChI is InChI=1S/C9H15N5O2/c1-5(9(16)13(2)3)14-4-6(10)7(12-14)8(11)15/h4-5H,10H2,1-3H3,(H2,11,15). The summed E-state index contributed by atoms with van der Waals surface area (Å²) < 4.78 is 1.33. The Balaban J connectivity index is 3.02. The fourth-order valence-electron chi connectivity index (χ4n) is 1.28. The van der Waals surface area contributed by atoms with Gasteiger partial charge in [-0.3, -0.25) is 14.3 Å². The van der Waals surface area contributed by atoms with E-state index in [2.05, 4.69) is 5.10 Å². The second-order valence-corrected chi connectivity index (χ2v) is 3.69. The van der Waals surface area contributed by atoms with Crippen LogP contribution in [0.2, 0.25) is 0 Å². The van der Waals surface area contributed by atoms with Crippen molar-refractivity contribution >= 4 is 17.5 Å². The summed E-state index contributed by atoms with van der Waals surface area (Å²) >= 11 is 0. The quantitative estimate of drug-likeness (QED) is 0.703. The molecule has 1 rings (SSSR count). The number of aromatic nitrogens is 2. The molecule has 88 valence electrons. The van der Waals surface area contributed by atoms with E-state index >= 15 is 0 Å². The van der Waals surface area contributed by atoms with Crippen LogP contribution in [0.3, 0.4) is 0 Å². The number of amides is 2. The van der Waals surface area contributed by atoms with Crippen LogP contribution in [0.4, 0.5) is 5.69 Å². The van der Waals surface area contributed by atoms with Gasteiger partial charge in [0.05, 0.1) is 5.69 Å². The van der Waals surface area contributed by atoms with Crippen molar-refractivity contribution in [3.63, 3.8) is 0 Å². The molecule has 0 aromatic carbocycles. The second-order valence-electron chi connectivity index (χ2n) is 3.69. The fraction of sp³-hybridized carbons (Fsp3) is 0.444. The highest BCUT2D eigenvalue weighted by Gasteiger charge is 2.20. The van der Waals surface area contributed by atoms with Gasteiger partial charge in [-0.15, -0.1) is 0 Å². The van der Waals surface area contributed by atoms with Gasteiger partial charge in [-0.1, -0.05) is 0 Å². The number of rotatable bonds is 3. The molecule has 7 heteroatoms. The van der Waals surface area contributed by atoms with Crippen molar-refractivity contribution in [2.24, 2.45) is 5.73 Å². The van der Waals surface area contributed by atoms with E-state index in [1.165, 1.54) is 15.8 Å². The number of carbonyl (C=O) groups is 2. The van der Waals surface area contributed by atoms with Crippen molar-refractivity contribution in [1.82, 2.24) is 14.7 Å². The van der Waals surface area contributed by atoms with Crippen LogP contribution in [-0.2, 0) is 4.79 Å². The molecular formula is C9H15N5O2. The molecule has 0 spiro atoms. The summed E-state index contributed by atoms with van der Waals surface area (Å²) in [5.41, 5.74) is 10.8. The van der Waals surface area contributed by atoms with E-state index in [9.17, 15) is 9.59 Å². The van der Waals surface area contributed by atoms with E-state index in [1.54, 1.807) is 21.0 Å². The number of hydrogen-bond donors (Lipinski definition) is 2. The monoisotopic (exact) mass is 225 g/mol. The Morgan fingerprint density at radius 3 is 2.44 bits per heavy atom. The molecule has 0 aliphatic rings. The number of nitrogens with zero attached hydrogens (tertiary/aromatic N) is 3. The molecule has 0 bridgehead atoms. The number of carbonyl (C=O) groups excluding carboxylic acids is 2. The lowest BCUT2D eigenvalue weighted by atomic mass is 10.3. The van der Waals surface area contributed by atoms with Crippen molar-refractivity contribution in [3.8, 4) is 0 Å². The second kappa shape index (κ2) is 4.21. The van der Waals surface area contributed by atoms with Gasteiger partial charge in [0, 0.05) is 20.3 Å². The van der Waals surface area contributed by atoms with Gasteiger partial charge in [0.1, 0.15) is 6.04 Å². The highest BCUT2D eigenvalue weighted by Crippen LogP contribution is 2.14. The van der Waals surface area contributed by atoms with Gasteiger partial charge in [-0.2, -0.15) is 5.10 Å². The number of likely N-dealkylation sites (N-methyl/N-ethyl adjacent to an activating group) is 1. The average molecular weight is 225 g/mol. The average Bonchev–Trinajstić information content (AvgIpc) is 2.58. The smallest absolute Gasteiger partial charge is 0.271 e. The molecule has 1 heterocycles. The largest absolute Gasteiger partial charge is 0.396 e. The summed E-state index contributed by atoms with van der Waals surface area (Å²) in [6.45, 7) is 1.67. The Bertz CT molecular complexity index is 424. The first-order chi connectivity index (χ1) is 7.34. The lowest BCUT2D eigenvalue weighted by Gasteiger charge is -2.16. The van der Waals surface area contributed by atoms with Crippen molar-refractivity contribution in [3.05, 3.63) is 11.9 Å². The van der Waals surface area contributed by atoms with Crippen LogP contribution in [0.15, 0.2) is 6.20 Å². The Kier molecular flexibility index (Phi) is 3.17. The minimum Gasteiger partial charge on any atom is -0.396 e. The van der Waals surface area contributed by atoms with Gasteiger partial charge < -0.3 is 16.4 Å². The number of nitrogens with two attached hydrogens (primary N) is 2. The Labute approximate surface area is 93.0 Å². The predicted molar refractivity (Wildman–Crippen MR) is 58.6 cm³/mol. The molecule has 1 unspecified atom stereocenters. The third-order valence-electron chi connectivity index (χ3n) is 2.19. The van der Waals surface area contributed by atoms with Crippen molar-refractivity contribution in [2.75, 3.05) is 19.8 Å². The summed E-state index contributed by atoms with van der Waals surface area (Å²) in [7, 11) is 3.28. The molecule has 0 saturated heterocycles. The van der Waals surface area contributed by atoms with Crippen LogP contribution in [0.5, 0.6) is 0 Å². The van der Waals surface area contributed by atoms with Crippen molar-refractivity contribution in [1.29, 1.82) is 0 Å². The zero-order valence-corrected chi connectivity index (χ0v) is 9.47. The first kappa shape index (κ1) is 12.0. The zero-order chi connectivity index (χ0) is 12.5. The molecule has 0 aliphatic heterocycles. The van der Waals surface area contributed by atoms with Crippen LogP contribution in [0, 0.1) is 0 Å². The predicted octanol–water partition coefficient (Wildman–Crippen LogP) is -0.787. The molecule has 1 aromatic heterocycles. The molecule has 0 aliphatic carbocycles. The Morgan fingerprint density at radius 2 is 2.06 bits per heavy atom. The van der Waals surface area contributed by atoms with E-state index in [-0.39, 0.29) is 17.3 Å². The number of anilines is 1. The van der Waals surface area contributed by atoms with Gasteiger partial charge in [-0.05, 0) is 6.92 Å². The van der Waals surface area contributed by atoms with Crippen molar-refractivity contribution in [2.45, 2.75) is 13.0 Å². The minimum atomic E-state index is -0.708. The third kappa shape index (κ3) is 2.13. The topological polar surface area (TPSA) is 107 Å². The SMILES string of the molecule is CC(C(=O)N(C)C)n1cc(N)c(C(N)=O)n1. The summed E-state index contributed by atoms with van der Waals surface area (Å²) in [4.78, 5) is 24.0. The van der Waals surface area contributed by atoms with Crippen LogP contribution in [-0.4, -0.2) is 40.6 Å². The Hall–Kier alpha value is -2.05. The lowest BCUT2D eigenvalue weighted by molar-refractivity contribution is -0.131. The molecule has 16 heavy (non-hydrogen) atoms. The number of nitrogen functional groups attached to an aromatic ring is 1. The molecule has 0 radical (unpaired) electrons. The highest BCUT2D eigenvalue weighted by molar-refractivity contribution is 5.95. The van der Waals surface area contributed by atoms with Gasteiger partial charge in [0.15, 0.2) is 5.69 Å². The molecule has 2 amide bonds. The molecule has 1 atom stereocenters. The van der Waals surface area contributed by atoms with Gasteiger partial charge >= 0.3 is 0 Å². The fourth-order valence-corrected chi connectivity index (χ4v) is 1.28. The summed E-state index contributed by atoms with van der Waals surface area (Å²) in [6.07, 6.45) is 1.42. The van der Waals surface area contributed by atoms with Crippen LogP contribution >= 0.6 is 0 Å². The van der Waals surface area contributed by atoms with Crippen LogP contribution in [0.25, 0.3) is 0 Å². The third-order valence-corrected chi connectivity index (χ3v) is 2.19. The van der Waals surface area contributed by atoms with E-state index in [0.717, 1.165) is 0 Å². The zero-order valence-electron chi connectivity index (χ0n) is 9.47. The van der Waals surface area contributed by atoms with Gasteiger partial charge in [-0.25, -0.2) is 0 Å². The normalized spacial score (nSPS) is 12.2. The van der Waals surface area contributed by atoms with Crippen LogP contribution in [0.1, 0.15) is 23.5 Å². The van der Waals surface area contributed by atoms with E-state index < -0.39 is 11.9 Å². The summed E-state index contributed by atoms with van der Waals surface area (Å²) in [5.74, 6) is -0.848. The minimum absolute atomic E-state index is 0.0154. The number of hydrogen-bond acceptors (Lipinski definition) is 4. The molecule has 4 N–H and O–H groups in total. The summed E-state index contributed by atoms with van der Waals surface area (Å²) in [5, 5.41) is 3.88. The maximum absolute atomic E-state index is 11.6. The summed E-state index contributed by atoms with van der Waals surface area (Å²) in [6, 6.07) is -0.523. The molecule has 1 aromatic rings. The van der Waals surface area contributed by atoms with Gasteiger partial charge in [0.25, 0.3) is 5.91 Å². The van der Waals surface area contributed by atoms with E-state index in [0.29, 0.717) is 0 Å². The van der Waals surface area contributed by atoms with Crippen molar-refractivity contribution < 1.29 is 9.59 Å².